The second-order valence-electron chi connectivity index (χ2n) is 5.98. The first-order valence-corrected chi connectivity index (χ1v) is 11.0. The van der Waals surface area contributed by atoms with Gasteiger partial charge in [0.1, 0.15) is 23.5 Å². The predicted molar refractivity (Wildman–Crippen MR) is 121 cm³/mol. The standard InChI is InChI=1S/C20H27Cl4NO4/c1-2-3-9-26-13-8-25-29-11-6-4-5-10-28-20-17(21)14-16(15-18(20)22)27-12-7-19(23)24/h7-8,14-15H,2-6,9-13H2,1H3. The zero-order valence-corrected chi connectivity index (χ0v) is 19.5. The van der Waals surface area contributed by atoms with E-state index >= 15 is 0 Å². The topological polar surface area (TPSA) is 49.3 Å². The minimum absolute atomic E-state index is 0.135. The van der Waals surface area contributed by atoms with Gasteiger partial charge in [0.15, 0.2) is 5.75 Å². The second-order valence-corrected chi connectivity index (χ2v) is 7.80. The molecule has 0 aliphatic rings. The van der Waals surface area contributed by atoms with Crippen molar-refractivity contribution in [1.82, 2.24) is 0 Å². The minimum atomic E-state index is 0.135. The fraction of sp³-hybridized carbons (Fsp3) is 0.550. The van der Waals surface area contributed by atoms with Crippen molar-refractivity contribution in [2.75, 3.05) is 33.0 Å². The van der Waals surface area contributed by atoms with Crippen molar-refractivity contribution in [2.45, 2.75) is 39.0 Å². The Morgan fingerprint density at radius 2 is 1.66 bits per heavy atom. The first-order valence-electron chi connectivity index (χ1n) is 9.52. The first kappa shape index (κ1) is 26.2. The van der Waals surface area contributed by atoms with Gasteiger partial charge in [-0.2, -0.15) is 0 Å². The summed E-state index contributed by atoms with van der Waals surface area (Å²) < 4.78 is 16.6. The molecule has 0 aromatic heterocycles. The van der Waals surface area contributed by atoms with Crippen LogP contribution in [0.25, 0.3) is 0 Å². The van der Waals surface area contributed by atoms with Crippen LogP contribution in [0.5, 0.6) is 11.5 Å². The highest BCUT2D eigenvalue weighted by Gasteiger charge is 2.10. The van der Waals surface area contributed by atoms with Gasteiger partial charge in [-0.05, 0) is 31.8 Å². The van der Waals surface area contributed by atoms with Gasteiger partial charge in [0, 0.05) is 18.7 Å². The zero-order valence-electron chi connectivity index (χ0n) is 16.5. The predicted octanol–water partition coefficient (Wildman–Crippen LogP) is 7.06. The van der Waals surface area contributed by atoms with Crippen molar-refractivity contribution in [3.63, 3.8) is 0 Å². The normalized spacial score (nSPS) is 10.9. The van der Waals surface area contributed by atoms with E-state index in [9.17, 15) is 0 Å². The van der Waals surface area contributed by atoms with Gasteiger partial charge in [0.05, 0.1) is 29.5 Å². The molecule has 0 saturated heterocycles. The summed E-state index contributed by atoms with van der Waals surface area (Å²) in [4.78, 5) is 5.18. The number of hydrogen-bond donors (Lipinski definition) is 0. The van der Waals surface area contributed by atoms with E-state index < -0.39 is 0 Å². The second kappa shape index (κ2) is 16.9. The van der Waals surface area contributed by atoms with Crippen LogP contribution < -0.4 is 9.47 Å². The lowest BCUT2D eigenvalue weighted by atomic mass is 10.2. The monoisotopic (exact) mass is 485 g/mol. The Hall–Kier alpha value is -0.850. The molecule has 0 N–H and O–H groups in total. The Morgan fingerprint density at radius 1 is 0.931 bits per heavy atom. The molecule has 0 unspecified atom stereocenters. The van der Waals surface area contributed by atoms with E-state index in [0.29, 0.717) is 41.4 Å². The summed E-state index contributed by atoms with van der Waals surface area (Å²) >= 11 is 23.5. The van der Waals surface area contributed by atoms with Crippen molar-refractivity contribution in [3.05, 3.63) is 32.7 Å². The van der Waals surface area contributed by atoms with Crippen molar-refractivity contribution in [2.24, 2.45) is 5.16 Å². The third-order valence-electron chi connectivity index (χ3n) is 3.57. The summed E-state index contributed by atoms with van der Waals surface area (Å²) in [5.41, 5.74) is 0. The Labute approximate surface area is 192 Å². The van der Waals surface area contributed by atoms with Crippen LogP contribution in [0.1, 0.15) is 39.0 Å². The van der Waals surface area contributed by atoms with E-state index in [1.807, 2.05) is 0 Å². The van der Waals surface area contributed by atoms with E-state index in [1.165, 1.54) is 6.08 Å². The van der Waals surface area contributed by atoms with Gasteiger partial charge in [-0.3, -0.25) is 0 Å². The molecule has 0 aliphatic heterocycles. The molecule has 0 radical (unpaired) electrons. The number of halogens is 4. The van der Waals surface area contributed by atoms with Crippen LogP contribution in [0.4, 0.5) is 0 Å². The van der Waals surface area contributed by atoms with Crippen molar-refractivity contribution >= 4 is 52.6 Å². The summed E-state index contributed by atoms with van der Waals surface area (Å²) in [6.45, 7) is 4.63. The van der Waals surface area contributed by atoms with Gasteiger partial charge in [0.25, 0.3) is 0 Å². The number of hydrogen-bond acceptors (Lipinski definition) is 5. The van der Waals surface area contributed by atoms with Crippen molar-refractivity contribution < 1.29 is 19.0 Å². The van der Waals surface area contributed by atoms with Gasteiger partial charge < -0.3 is 19.0 Å². The Bertz CT molecular complexity index is 614. The molecular formula is C20H27Cl4NO4. The molecule has 0 amide bonds. The van der Waals surface area contributed by atoms with Crippen LogP contribution in [-0.4, -0.2) is 39.2 Å². The summed E-state index contributed by atoms with van der Waals surface area (Å²) in [7, 11) is 0. The molecule has 0 fully saturated rings. The summed E-state index contributed by atoms with van der Waals surface area (Å²) in [6, 6.07) is 3.27. The minimum Gasteiger partial charge on any atom is -0.490 e. The van der Waals surface area contributed by atoms with E-state index in [4.69, 9.17) is 65.5 Å². The molecule has 1 aromatic carbocycles. The third-order valence-corrected chi connectivity index (χ3v) is 4.44. The average Bonchev–Trinajstić information content (AvgIpc) is 2.67. The molecule has 0 aliphatic carbocycles. The molecule has 0 saturated carbocycles. The maximum atomic E-state index is 6.22. The van der Waals surface area contributed by atoms with E-state index in [-0.39, 0.29) is 11.1 Å². The average molecular weight is 487 g/mol. The number of nitrogens with zero attached hydrogens (tertiary/aromatic N) is 1. The van der Waals surface area contributed by atoms with Crippen molar-refractivity contribution in [1.29, 1.82) is 0 Å². The quantitative estimate of drug-likeness (QED) is 0.142. The number of unbranched alkanes of at least 4 members (excludes halogenated alkanes) is 3. The van der Waals surface area contributed by atoms with E-state index in [1.54, 1.807) is 18.3 Å². The lowest BCUT2D eigenvalue weighted by Gasteiger charge is -2.12. The molecule has 164 valence electrons. The highest BCUT2D eigenvalue weighted by atomic mass is 35.5. The van der Waals surface area contributed by atoms with Crippen LogP contribution in [0.3, 0.4) is 0 Å². The number of benzene rings is 1. The Kier molecular flexibility index (Phi) is 15.3. The highest BCUT2D eigenvalue weighted by molar-refractivity contribution is 6.55. The van der Waals surface area contributed by atoms with Crippen LogP contribution >= 0.6 is 46.4 Å². The van der Waals surface area contributed by atoms with Crippen LogP contribution in [0.15, 0.2) is 27.9 Å². The maximum absolute atomic E-state index is 6.22. The smallest absolute Gasteiger partial charge is 0.156 e. The number of ether oxygens (including phenoxy) is 3. The molecule has 0 heterocycles. The van der Waals surface area contributed by atoms with Gasteiger partial charge in [-0.15, -0.1) is 0 Å². The van der Waals surface area contributed by atoms with E-state index in [0.717, 1.165) is 38.7 Å². The lowest BCUT2D eigenvalue weighted by molar-refractivity contribution is 0.131. The SMILES string of the molecule is CCCCOCC=NOCCCCCOc1c(Cl)cc(OCC=C(Cl)Cl)cc1Cl. The summed E-state index contributed by atoms with van der Waals surface area (Å²) in [6.07, 6.45) is 8.00. The van der Waals surface area contributed by atoms with Crippen LogP contribution in [-0.2, 0) is 9.57 Å². The summed E-state index contributed by atoms with van der Waals surface area (Å²) in [5.74, 6) is 0.946. The maximum Gasteiger partial charge on any atom is 0.156 e. The molecule has 29 heavy (non-hydrogen) atoms. The Morgan fingerprint density at radius 3 is 2.34 bits per heavy atom. The molecule has 9 heteroatoms. The van der Waals surface area contributed by atoms with Gasteiger partial charge >= 0.3 is 0 Å². The molecule has 1 rings (SSSR count). The lowest BCUT2D eigenvalue weighted by Crippen LogP contribution is -2.01. The number of oxime groups is 1. The number of rotatable bonds is 16. The molecule has 5 nitrogen and oxygen atoms in total. The Balaban J connectivity index is 2.16. The first-order chi connectivity index (χ1) is 14.0. The van der Waals surface area contributed by atoms with Crippen molar-refractivity contribution in [3.8, 4) is 11.5 Å². The van der Waals surface area contributed by atoms with Crippen LogP contribution in [0, 0.1) is 0 Å². The highest BCUT2D eigenvalue weighted by Crippen LogP contribution is 2.37. The van der Waals surface area contributed by atoms with Crippen LogP contribution in [0.2, 0.25) is 10.0 Å². The van der Waals surface area contributed by atoms with Gasteiger partial charge in [-0.1, -0.05) is 64.9 Å². The molecule has 0 bridgehead atoms. The fourth-order valence-corrected chi connectivity index (χ4v) is 2.80. The third kappa shape index (κ3) is 13.1. The molecule has 1 aromatic rings. The molecule has 0 atom stereocenters. The zero-order chi connectivity index (χ0) is 21.3. The van der Waals surface area contributed by atoms with Gasteiger partial charge in [-0.25, -0.2) is 0 Å². The summed E-state index contributed by atoms with van der Waals surface area (Å²) in [5, 5.41) is 4.61. The van der Waals surface area contributed by atoms with E-state index in [2.05, 4.69) is 12.1 Å². The fourth-order valence-electron chi connectivity index (χ4n) is 2.10. The largest absolute Gasteiger partial charge is 0.490 e. The van der Waals surface area contributed by atoms with Gasteiger partial charge in [0.2, 0.25) is 0 Å². The molecular weight excluding hydrogens is 460 g/mol. The molecule has 0 spiro atoms.